The summed E-state index contributed by atoms with van der Waals surface area (Å²) < 4.78 is 45.2. The molecule has 0 aliphatic rings. The zero-order valence-electron chi connectivity index (χ0n) is 12.9. The van der Waals surface area contributed by atoms with Crippen LogP contribution in [0.3, 0.4) is 0 Å². The maximum absolute atomic E-state index is 12.8. The van der Waals surface area contributed by atoms with Gasteiger partial charge in [0.1, 0.15) is 24.5 Å². The van der Waals surface area contributed by atoms with E-state index < -0.39 is 29.5 Å². The van der Waals surface area contributed by atoms with Gasteiger partial charge >= 0.3 is 6.18 Å². The van der Waals surface area contributed by atoms with Crippen molar-refractivity contribution in [3.63, 3.8) is 0 Å². The number of aliphatic hydroxyl groups is 1. The maximum Gasteiger partial charge on any atom is 0.416 e. The molecule has 23 heavy (non-hydrogen) atoms. The molecule has 2 aromatic rings. The van der Waals surface area contributed by atoms with E-state index in [1.165, 1.54) is 29.5 Å². The first-order valence-electron chi connectivity index (χ1n) is 6.95. The van der Waals surface area contributed by atoms with E-state index in [1.54, 1.807) is 20.8 Å². The van der Waals surface area contributed by atoms with E-state index in [-0.39, 0.29) is 5.75 Å². The summed E-state index contributed by atoms with van der Waals surface area (Å²) in [4.78, 5) is 3.79. The molecule has 126 valence electrons. The number of nitrogens with zero attached hydrogens (tertiary/aromatic N) is 3. The summed E-state index contributed by atoms with van der Waals surface area (Å²) in [6, 6.07) is 4.49. The van der Waals surface area contributed by atoms with Gasteiger partial charge in [-0.05, 0) is 23.6 Å². The quantitative estimate of drug-likeness (QED) is 0.935. The minimum absolute atomic E-state index is 0.0105. The number of aliphatic hydroxyl groups excluding tert-OH is 1. The summed E-state index contributed by atoms with van der Waals surface area (Å²) >= 11 is 0. The number of halogens is 3. The van der Waals surface area contributed by atoms with Crippen LogP contribution in [0.15, 0.2) is 36.9 Å². The van der Waals surface area contributed by atoms with E-state index in [1.807, 2.05) is 0 Å². The number of hydrogen-bond donors (Lipinski definition) is 1. The SMILES string of the molecule is CC(C)(C)C(O)C(Oc1cccc(C(F)(F)F)c1)n1cncn1. The van der Waals surface area contributed by atoms with Gasteiger partial charge in [-0.1, -0.05) is 26.8 Å². The second-order valence-electron chi connectivity index (χ2n) is 6.22. The zero-order valence-corrected chi connectivity index (χ0v) is 12.9. The smallest absolute Gasteiger partial charge is 0.416 e. The molecule has 1 N–H and O–H groups in total. The molecule has 2 unspecified atom stereocenters. The largest absolute Gasteiger partial charge is 0.466 e. The number of aromatic nitrogens is 3. The Morgan fingerprint density at radius 3 is 2.43 bits per heavy atom. The fourth-order valence-electron chi connectivity index (χ4n) is 1.92. The van der Waals surface area contributed by atoms with Gasteiger partial charge in [-0.2, -0.15) is 18.3 Å². The van der Waals surface area contributed by atoms with Crippen LogP contribution < -0.4 is 4.74 Å². The Bertz CT molecular complexity index is 636. The van der Waals surface area contributed by atoms with Crippen molar-refractivity contribution in [3.05, 3.63) is 42.5 Å². The highest BCUT2D eigenvalue weighted by molar-refractivity contribution is 5.30. The average Bonchev–Trinajstić information content (AvgIpc) is 2.96. The monoisotopic (exact) mass is 329 g/mol. The summed E-state index contributed by atoms with van der Waals surface area (Å²) in [6.07, 6.45) is -3.88. The van der Waals surface area contributed by atoms with E-state index >= 15 is 0 Å². The van der Waals surface area contributed by atoms with Crippen LogP contribution >= 0.6 is 0 Å². The molecule has 5 nitrogen and oxygen atoms in total. The topological polar surface area (TPSA) is 60.2 Å². The second kappa shape index (κ2) is 6.19. The van der Waals surface area contributed by atoms with Gasteiger partial charge in [0.25, 0.3) is 0 Å². The number of benzene rings is 1. The number of hydrogen-bond acceptors (Lipinski definition) is 4. The summed E-state index contributed by atoms with van der Waals surface area (Å²) in [5, 5.41) is 14.4. The number of alkyl halides is 3. The third kappa shape index (κ3) is 4.22. The molecule has 2 rings (SSSR count). The summed E-state index contributed by atoms with van der Waals surface area (Å²) in [5.41, 5.74) is -1.39. The fraction of sp³-hybridized carbons (Fsp3) is 0.467. The predicted octanol–water partition coefficient (Wildman–Crippen LogP) is 3.28. The highest BCUT2D eigenvalue weighted by Gasteiger charge is 2.35. The molecule has 8 heteroatoms. The summed E-state index contributed by atoms with van der Waals surface area (Å²) in [7, 11) is 0. The third-order valence-electron chi connectivity index (χ3n) is 3.27. The summed E-state index contributed by atoms with van der Waals surface area (Å²) in [6.45, 7) is 5.37. The Morgan fingerprint density at radius 1 is 1.22 bits per heavy atom. The van der Waals surface area contributed by atoms with Crippen LogP contribution in [0.1, 0.15) is 32.6 Å². The van der Waals surface area contributed by atoms with Crippen molar-refractivity contribution in [2.75, 3.05) is 0 Å². The minimum atomic E-state index is -4.47. The highest BCUT2D eigenvalue weighted by Crippen LogP contribution is 2.34. The van der Waals surface area contributed by atoms with E-state index in [4.69, 9.17) is 4.74 Å². The average molecular weight is 329 g/mol. The lowest BCUT2D eigenvalue weighted by Gasteiger charge is -2.32. The predicted molar refractivity (Wildman–Crippen MR) is 76.6 cm³/mol. The van der Waals surface area contributed by atoms with Crippen molar-refractivity contribution in [1.29, 1.82) is 0 Å². The lowest BCUT2D eigenvalue weighted by Crippen LogP contribution is -2.39. The lowest BCUT2D eigenvalue weighted by molar-refractivity contribution is -0.137. The van der Waals surface area contributed by atoms with Gasteiger partial charge < -0.3 is 9.84 Å². The first-order chi connectivity index (χ1) is 10.6. The first kappa shape index (κ1) is 17.3. The Kier molecular flexibility index (Phi) is 4.65. The highest BCUT2D eigenvalue weighted by atomic mass is 19.4. The molecule has 0 bridgehead atoms. The van der Waals surface area contributed by atoms with Gasteiger partial charge in [0, 0.05) is 0 Å². The van der Waals surface area contributed by atoms with E-state index in [2.05, 4.69) is 10.1 Å². The van der Waals surface area contributed by atoms with Gasteiger partial charge in [0.05, 0.1) is 5.56 Å². The number of ether oxygens (including phenoxy) is 1. The van der Waals surface area contributed by atoms with Gasteiger partial charge in [-0.15, -0.1) is 0 Å². The molecule has 2 atom stereocenters. The normalized spacial score (nSPS) is 15.3. The molecular weight excluding hydrogens is 311 g/mol. The van der Waals surface area contributed by atoms with Crippen LogP contribution in [0.2, 0.25) is 0 Å². The van der Waals surface area contributed by atoms with Crippen molar-refractivity contribution < 1.29 is 23.0 Å². The minimum Gasteiger partial charge on any atom is -0.466 e. The van der Waals surface area contributed by atoms with Crippen LogP contribution in [0, 0.1) is 5.41 Å². The molecule has 1 aromatic heterocycles. The van der Waals surface area contributed by atoms with Crippen molar-refractivity contribution in [2.24, 2.45) is 5.41 Å². The van der Waals surface area contributed by atoms with Crippen LogP contribution in [-0.4, -0.2) is 26.0 Å². The number of rotatable bonds is 4. The third-order valence-corrected chi connectivity index (χ3v) is 3.27. The molecule has 0 saturated carbocycles. The molecule has 0 saturated heterocycles. The van der Waals surface area contributed by atoms with Crippen molar-refractivity contribution in [2.45, 2.75) is 39.3 Å². The Hall–Kier alpha value is -2.09. The standard InChI is InChI=1S/C15H18F3N3O2/c1-14(2,3)12(22)13(21-9-19-8-20-21)23-11-6-4-5-10(7-11)15(16,17)18/h4-9,12-13,22H,1-3H3. The molecule has 1 aromatic carbocycles. The molecule has 0 aliphatic carbocycles. The molecule has 1 heterocycles. The maximum atomic E-state index is 12.8. The van der Waals surface area contributed by atoms with E-state index in [0.29, 0.717) is 0 Å². The molecule has 0 amide bonds. The van der Waals surface area contributed by atoms with Crippen LogP contribution in [0.5, 0.6) is 5.75 Å². The van der Waals surface area contributed by atoms with Gasteiger partial charge in [0.15, 0.2) is 0 Å². The molecule has 0 spiro atoms. The second-order valence-corrected chi connectivity index (χ2v) is 6.22. The zero-order chi connectivity index (χ0) is 17.3. The van der Waals surface area contributed by atoms with E-state index in [0.717, 1.165) is 12.1 Å². The molecule has 0 radical (unpaired) electrons. The van der Waals surface area contributed by atoms with E-state index in [9.17, 15) is 18.3 Å². The molecule has 0 aliphatic heterocycles. The Morgan fingerprint density at radius 2 is 1.91 bits per heavy atom. The van der Waals surface area contributed by atoms with Crippen molar-refractivity contribution in [3.8, 4) is 5.75 Å². The summed E-state index contributed by atoms with van der Waals surface area (Å²) in [5.74, 6) is -0.0105. The lowest BCUT2D eigenvalue weighted by atomic mass is 9.88. The first-order valence-corrected chi connectivity index (χ1v) is 6.95. The van der Waals surface area contributed by atoms with Crippen LogP contribution in [0.4, 0.5) is 13.2 Å². The van der Waals surface area contributed by atoms with Crippen molar-refractivity contribution >= 4 is 0 Å². The van der Waals surface area contributed by atoms with Crippen LogP contribution in [0.25, 0.3) is 0 Å². The van der Waals surface area contributed by atoms with Crippen molar-refractivity contribution in [1.82, 2.24) is 14.8 Å². The Balaban J connectivity index is 2.32. The van der Waals surface area contributed by atoms with Gasteiger partial charge in [-0.3, -0.25) is 0 Å². The van der Waals surface area contributed by atoms with Crippen LogP contribution in [-0.2, 0) is 6.18 Å². The van der Waals surface area contributed by atoms with Gasteiger partial charge in [0.2, 0.25) is 6.23 Å². The van der Waals surface area contributed by atoms with Gasteiger partial charge in [-0.25, -0.2) is 9.67 Å². The Labute approximate surface area is 131 Å². The molecule has 0 fully saturated rings. The molecular formula is C15H18F3N3O2. The fourth-order valence-corrected chi connectivity index (χ4v) is 1.92.